The average molecular weight is 365 g/mol. The average Bonchev–Trinajstić information content (AvgIpc) is 3.04. The summed E-state index contributed by atoms with van der Waals surface area (Å²) in [7, 11) is 0. The quantitative estimate of drug-likeness (QED) is 0.848. The van der Waals surface area contributed by atoms with Gasteiger partial charge in [-0.1, -0.05) is 36.6 Å². The van der Waals surface area contributed by atoms with E-state index in [9.17, 15) is 14.7 Å². The number of benzene rings is 1. The van der Waals surface area contributed by atoms with Crippen molar-refractivity contribution in [1.82, 2.24) is 4.98 Å². The Balaban J connectivity index is 1.70. The van der Waals surface area contributed by atoms with Gasteiger partial charge < -0.3 is 10.4 Å². The van der Waals surface area contributed by atoms with Crippen LogP contribution in [0.4, 0.5) is 5.13 Å². The summed E-state index contributed by atoms with van der Waals surface area (Å²) < 4.78 is 0. The number of carboxylic acids is 1. The molecule has 5 nitrogen and oxygen atoms in total. The van der Waals surface area contributed by atoms with Gasteiger partial charge in [-0.05, 0) is 25.0 Å². The van der Waals surface area contributed by atoms with Crippen LogP contribution in [0, 0.1) is 11.8 Å². The fourth-order valence-corrected chi connectivity index (χ4v) is 3.87. The predicted molar refractivity (Wildman–Crippen MR) is 94.3 cm³/mol. The second-order valence-electron chi connectivity index (χ2n) is 5.87. The van der Waals surface area contributed by atoms with Crippen molar-refractivity contribution < 1.29 is 14.7 Å². The molecule has 1 aliphatic rings. The van der Waals surface area contributed by atoms with Crippen LogP contribution >= 0.6 is 22.9 Å². The third-order valence-electron chi connectivity index (χ3n) is 4.29. The van der Waals surface area contributed by atoms with Crippen LogP contribution in [0.15, 0.2) is 29.6 Å². The maximum absolute atomic E-state index is 12.4. The van der Waals surface area contributed by atoms with Crippen LogP contribution in [0.3, 0.4) is 0 Å². The van der Waals surface area contributed by atoms with Gasteiger partial charge >= 0.3 is 5.97 Å². The van der Waals surface area contributed by atoms with E-state index in [0.717, 1.165) is 24.1 Å². The molecule has 1 amide bonds. The molecule has 0 saturated heterocycles. The molecule has 3 rings (SSSR count). The Morgan fingerprint density at radius 1 is 1.17 bits per heavy atom. The van der Waals surface area contributed by atoms with E-state index in [0.29, 0.717) is 23.0 Å². The monoisotopic (exact) mass is 364 g/mol. The molecule has 126 valence electrons. The number of nitrogens with zero attached hydrogens (tertiary/aromatic N) is 1. The van der Waals surface area contributed by atoms with E-state index in [-0.39, 0.29) is 5.91 Å². The number of nitrogens with one attached hydrogen (secondary N) is 1. The van der Waals surface area contributed by atoms with Gasteiger partial charge in [0, 0.05) is 16.0 Å². The second-order valence-corrected chi connectivity index (χ2v) is 7.16. The minimum absolute atomic E-state index is 0.251. The summed E-state index contributed by atoms with van der Waals surface area (Å²) in [6.07, 6.45) is 2.91. The van der Waals surface area contributed by atoms with Gasteiger partial charge in [-0.15, -0.1) is 11.3 Å². The van der Waals surface area contributed by atoms with Crippen molar-refractivity contribution >= 4 is 39.9 Å². The van der Waals surface area contributed by atoms with E-state index in [1.807, 2.05) is 17.5 Å². The van der Waals surface area contributed by atoms with Crippen LogP contribution in [0.5, 0.6) is 0 Å². The first-order chi connectivity index (χ1) is 11.5. The summed E-state index contributed by atoms with van der Waals surface area (Å²) in [4.78, 5) is 28.2. The standard InChI is InChI=1S/C17H17ClN2O3S/c18-11-7-5-10(6-8-11)14-9-24-17(19-14)20-15(21)12-3-1-2-4-13(12)16(22)23/h5-9,12-13H,1-4H2,(H,22,23)(H,19,20,21)/t12-,13-/m1/s1. The highest BCUT2D eigenvalue weighted by Crippen LogP contribution is 2.32. The number of hydrogen-bond donors (Lipinski definition) is 2. The largest absolute Gasteiger partial charge is 0.481 e. The lowest BCUT2D eigenvalue weighted by Crippen LogP contribution is -2.36. The van der Waals surface area contributed by atoms with Crippen molar-refractivity contribution in [2.24, 2.45) is 11.8 Å². The summed E-state index contributed by atoms with van der Waals surface area (Å²) in [5.74, 6) is -2.23. The Hall–Kier alpha value is -1.92. The van der Waals surface area contributed by atoms with E-state index in [4.69, 9.17) is 11.6 Å². The Kier molecular flexibility index (Phi) is 5.16. The van der Waals surface area contributed by atoms with E-state index >= 15 is 0 Å². The van der Waals surface area contributed by atoms with Gasteiger partial charge in [0.05, 0.1) is 17.5 Å². The molecule has 2 N–H and O–H groups in total. The van der Waals surface area contributed by atoms with Gasteiger partial charge in [-0.2, -0.15) is 0 Å². The minimum Gasteiger partial charge on any atom is -0.481 e. The lowest BCUT2D eigenvalue weighted by molar-refractivity contribution is -0.147. The maximum Gasteiger partial charge on any atom is 0.307 e. The first kappa shape index (κ1) is 16.9. The predicted octanol–water partition coefficient (Wildman–Crippen LogP) is 4.29. The fourth-order valence-electron chi connectivity index (χ4n) is 3.02. The molecular weight excluding hydrogens is 348 g/mol. The number of amides is 1. The molecule has 1 fully saturated rings. The molecule has 0 radical (unpaired) electrons. The highest BCUT2D eigenvalue weighted by atomic mass is 35.5. The molecule has 1 saturated carbocycles. The van der Waals surface area contributed by atoms with E-state index in [1.54, 1.807) is 12.1 Å². The molecule has 0 unspecified atom stereocenters. The molecule has 7 heteroatoms. The maximum atomic E-state index is 12.4. The zero-order chi connectivity index (χ0) is 17.1. The van der Waals surface area contributed by atoms with Crippen LogP contribution in [-0.2, 0) is 9.59 Å². The van der Waals surface area contributed by atoms with Gasteiger partial charge in [0.1, 0.15) is 0 Å². The SMILES string of the molecule is O=C(O)[C@@H]1CCCC[C@H]1C(=O)Nc1nc(-c2ccc(Cl)cc2)cs1. The van der Waals surface area contributed by atoms with Crippen molar-refractivity contribution in [3.05, 3.63) is 34.7 Å². The molecule has 0 aliphatic heterocycles. The Morgan fingerprint density at radius 3 is 2.50 bits per heavy atom. The van der Waals surface area contributed by atoms with Gasteiger partial charge in [-0.25, -0.2) is 4.98 Å². The lowest BCUT2D eigenvalue weighted by Gasteiger charge is -2.26. The number of carbonyl (C=O) groups is 2. The first-order valence-electron chi connectivity index (χ1n) is 7.80. The van der Waals surface area contributed by atoms with Crippen molar-refractivity contribution in [3.8, 4) is 11.3 Å². The van der Waals surface area contributed by atoms with Crippen LogP contribution in [-0.4, -0.2) is 22.0 Å². The molecule has 2 aromatic rings. The van der Waals surface area contributed by atoms with Crippen LogP contribution in [0.2, 0.25) is 5.02 Å². The van der Waals surface area contributed by atoms with Crippen molar-refractivity contribution in [3.63, 3.8) is 0 Å². The molecule has 1 aromatic heterocycles. The third-order valence-corrected chi connectivity index (χ3v) is 5.30. The Bertz CT molecular complexity index is 745. The third kappa shape index (κ3) is 3.76. The van der Waals surface area contributed by atoms with Crippen molar-refractivity contribution in [1.29, 1.82) is 0 Å². The number of halogens is 1. The zero-order valence-electron chi connectivity index (χ0n) is 12.9. The molecular formula is C17H17ClN2O3S. The molecule has 1 heterocycles. The summed E-state index contributed by atoms with van der Waals surface area (Å²) in [5, 5.41) is 15.1. The van der Waals surface area contributed by atoms with E-state index in [1.165, 1.54) is 11.3 Å². The normalized spacial score (nSPS) is 20.5. The summed E-state index contributed by atoms with van der Waals surface area (Å²) in [5.41, 5.74) is 1.67. The number of aliphatic carboxylic acids is 1. The highest BCUT2D eigenvalue weighted by Gasteiger charge is 2.35. The summed E-state index contributed by atoms with van der Waals surface area (Å²) in [6.45, 7) is 0. The summed E-state index contributed by atoms with van der Waals surface area (Å²) >= 11 is 7.20. The lowest BCUT2D eigenvalue weighted by atomic mass is 9.79. The van der Waals surface area contributed by atoms with Crippen LogP contribution in [0.1, 0.15) is 25.7 Å². The minimum atomic E-state index is -0.893. The number of carbonyl (C=O) groups excluding carboxylic acids is 1. The van der Waals surface area contributed by atoms with Crippen molar-refractivity contribution in [2.75, 3.05) is 5.32 Å². The Labute approximate surface area is 148 Å². The van der Waals surface area contributed by atoms with Gasteiger partial charge in [0.2, 0.25) is 5.91 Å². The molecule has 1 aromatic carbocycles. The molecule has 0 bridgehead atoms. The topological polar surface area (TPSA) is 79.3 Å². The first-order valence-corrected chi connectivity index (χ1v) is 9.05. The molecule has 1 aliphatic carbocycles. The number of carboxylic acid groups (broad SMARTS) is 1. The summed E-state index contributed by atoms with van der Waals surface area (Å²) in [6, 6.07) is 7.30. The number of rotatable bonds is 4. The molecule has 2 atom stereocenters. The van der Waals surface area contributed by atoms with Crippen LogP contribution < -0.4 is 5.32 Å². The van der Waals surface area contributed by atoms with Gasteiger partial charge in [-0.3, -0.25) is 9.59 Å². The number of aromatic nitrogens is 1. The second kappa shape index (κ2) is 7.32. The number of anilines is 1. The van der Waals surface area contributed by atoms with E-state index in [2.05, 4.69) is 10.3 Å². The zero-order valence-corrected chi connectivity index (χ0v) is 14.4. The van der Waals surface area contributed by atoms with Gasteiger partial charge in [0.25, 0.3) is 0 Å². The Morgan fingerprint density at radius 2 is 1.83 bits per heavy atom. The van der Waals surface area contributed by atoms with Crippen molar-refractivity contribution in [2.45, 2.75) is 25.7 Å². The van der Waals surface area contributed by atoms with Crippen LogP contribution in [0.25, 0.3) is 11.3 Å². The van der Waals surface area contributed by atoms with E-state index < -0.39 is 17.8 Å². The number of thiazole rings is 1. The highest BCUT2D eigenvalue weighted by molar-refractivity contribution is 7.14. The molecule has 24 heavy (non-hydrogen) atoms. The smallest absolute Gasteiger partial charge is 0.307 e. The molecule has 0 spiro atoms. The fraction of sp³-hybridized carbons (Fsp3) is 0.353. The van der Waals surface area contributed by atoms with Gasteiger partial charge in [0.15, 0.2) is 5.13 Å². The number of hydrogen-bond acceptors (Lipinski definition) is 4.